The number of halogens is 1. The molecule has 3 aromatic rings. The van der Waals surface area contributed by atoms with Crippen molar-refractivity contribution < 1.29 is 23.7 Å². The van der Waals surface area contributed by atoms with Crippen LogP contribution in [0.25, 0.3) is 17.4 Å². The standard InChI is InChI=1S/C23H16ClN3O6S/c1-2-32-15-6-3-13(4-7-15)26-22(29)18(21(28)25-23(26)34)12-16-8-10-20(33-16)17-9-5-14(27(30)31)11-19(17)24/h3-12H,2H2,1H3,(H,25,28,34)/b18-12+. The van der Waals surface area contributed by atoms with Gasteiger partial charge in [0.15, 0.2) is 5.11 Å². The van der Waals surface area contributed by atoms with Crippen LogP contribution in [-0.4, -0.2) is 28.5 Å². The van der Waals surface area contributed by atoms with Gasteiger partial charge in [-0.2, -0.15) is 0 Å². The minimum absolute atomic E-state index is 0.0471. The molecule has 1 saturated heterocycles. The number of nitrogens with one attached hydrogen (secondary N) is 1. The lowest BCUT2D eigenvalue weighted by Crippen LogP contribution is -2.54. The first kappa shape index (κ1) is 23.1. The Morgan fingerprint density at radius 1 is 1.18 bits per heavy atom. The van der Waals surface area contributed by atoms with E-state index in [1.54, 1.807) is 36.4 Å². The van der Waals surface area contributed by atoms with Crippen LogP contribution >= 0.6 is 23.8 Å². The molecule has 2 aromatic carbocycles. The van der Waals surface area contributed by atoms with Gasteiger partial charge < -0.3 is 9.15 Å². The average molecular weight is 498 g/mol. The number of ether oxygens (including phenoxy) is 1. The van der Waals surface area contributed by atoms with Crippen LogP contribution in [0.3, 0.4) is 0 Å². The number of thiocarbonyl (C=S) groups is 1. The Morgan fingerprint density at radius 2 is 1.91 bits per heavy atom. The second-order valence-corrected chi connectivity index (χ2v) is 7.80. The number of nitro groups is 1. The number of rotatable bonds is 6. The zero-order chi connectivity index (χ0) is 24.4. The zero-order valence-corrected chi connectivity index (χ0v) is 19.2. The number of benzene rings is 2. The van der Waals surface area contributed by atoms with Crippen LogP contribution < -0.4 is 15.0 Å². The second kappa shape index (κ2) is 9.46. The minimum atomic E-state index is -0.663. The fraction of sp³-hybridized carbons (Fsp3) is 0.0870. The maximum atomic E-state index is 13.1. The van der Waals surface area contributed by atoms with E-state index in [-0.39, 0.29) is 27.2 Å². The fourth-order valence-electron chi connectivity index (χ4n) is 3.28. The summed E-state index contributed by atoms with van der Waals surface area (Å²) >= 11 is 11.4. The highest BCUT2D eigenvalue weighted by molar-refractivity contribution is 7.80. The minimum Gasteiger partial charge on any atom is -0.494 e. The van der Waals surface area contributed by atoms with Crippen LogP contribution in [0.2, 0.25) is 5.02 Å². The van der Waals surface area contributed by atoms with Crippen LogP contribution in [0.15, 0.2) is 64.6 Å². The molecule has 0 atom stereocenters. The van der Waals surface area contributed by atoms with Gasteiger partial charge in [-0.15, -0.1) is 0 Å². The van der Waals surface area contributed by atoms with E-state index in [2.05, 4.69) is 5.32 Å². The van der Waals surface area contributed by atoms with Crippen molar-refractivity contribution in [3.63, 3.8) is 0 Å². The second-order valence-electron chi connectivity index (χ2n) is 7.01. The average Bonchev–Trinajstić information content (AvgIpc) is 3.26. The van der Waals surface area contributed by atoms with Gasteiger partial charge in [0.1, 0.15) is 22.8 Å². The van der Waals surface area contributed by atoms with E-state index >= 15 is 0 Å². The molecule has 1 N–H and O–H groups in total. The third-order valence-electron chi connectivity index (χ3n) is 4.85. The van der Waals surface area contributed by atoms with Gasteiger partial charge in [-0.3, -0.25) is 29.9 Å². The largest absolute Gasteiger partial charge is 0.494 e. The molecule has 0 bridgehead atoms. The molecule has 0 spiro atoms. The summed E-state index contributed by atoms with van der Waals surface area (Å²) in [6.45, 7) is 2.36. The molecule has 0 radical (unpaired) electrons. The molecule has 34 heavy (non-hydrogen) atoms. The van der Waals surface area contributed by atoms with Crippen LogP contribution in [0.1, 0.15) is 12.7 Å². The highest BCUT2D eigenvalue weighted by Crippen LogP contribution is 2.33. The molecule has 11 heteroatoms. The number of furan rings is 1. The van der Waals surface area contributed by atoms with Gasteiger partial charge in [-0.05, 0) is 67.7 Å². The van der Waals surface area contributed by atoms with Gasteiger partial charge in [-0.1, -0.05) is 11.6 Å². The molecule has 1 fully saturated rings. The van der Waals surface area contributed by atoms with E-state index in [9.17, 15) is 19.7 Å². The topological polar surface area (TPSA) is 115 Å². The summed E-state index contributed by atoms with van der Waals surface area (Å²) in [6, 6.07) is 13.8. The maximum absolute atomic E-state index is 13.1. The monoisotopic (exact) mass is 497 g/mol. The smallest absolute Gasteiger partial charge is 0.270 e. The number of hydrogen-bond donors (Lipinski definition) is 1. The summed E-state index contributed by atoms with van der Waals surface area (Å²) in [6.07, 6.45) is 1.30. The van der Waals surface area contributed by atoms with Gasteiger partial charge in [0.05, 0.1) is 22.2 Å². The number of nitro benzene ring substituents is 1. The zero-order valence-electron chi connectivity index (χ0n) is 17.6. The maximum Gasteiger partial charge on any atom is 0.270 e. The van der Waals surface area contributed by atoms with Gasteiger partial charge >= 0.3 is 0 Å². The van der Waals surface area contributed by atoms with Crippen LogP contribution in [-0.2, 0) is 9.59 Å². The molecule has 2 amide bonds. The highest BCUT2D eigenvalue weighted by atomic mass is 35.5. The van der Waals surface area contributed by atoms with Gasteiger partial charge in [0, 0.05) is 17.7 Å². The Balaban J connectivity index is 1.63. The Morgan fingerprint density at radius 3 is 2.56 bits per heavy atom. The molecule has 1 aromatic heterocycles. The molecule has 4 rings (SSSR count). The molecule has 0 aliphatic carbocycles. The highest BCUT2D eigenvalue weighted by Gasteiger charge is 2.34. The number of hydrogen-bond acceptors (Lipinski definition) is 7. The first-order chi connectivity index (χ1) is 16.3. The molecule has 0 unspecified atom stereocenters. The van der Waals surface area contributed by atoms with Crippen molar-refractivity contribution in [3.05, 3.63) is 81.1 Å². The predicted molar refractivity (Wildman–Crippen MR) is 130 cm³/mol. The Kier molecular flexibility index (Phi) is 6.44. The molecular weight excluding hydrogens is 482 g/mol. The van der Waals surface area contributed by atoms with Crippen LogP contribution in [0.4, 0.5) is 11.4 Å². The first-order valence-electron chi connectivity index (χ1n) is 9.97. The Bertz CT molecular complexity index is 1350. The summed E-state index contributed by atoms with van der Waals surface area (Å²) in [4.78, 5) is 37.2. The SMILES string of the molecule is CCOc1ccc(N2C(=O)/C(=C/c3ccc(-c4ccc([N+](=O)[O-])cc4Cl)o3)C(=O)NC2=S)cc1. The first-order valence-corrected chi connectivity index (χ1v) is 10.8. The summed E-state index contributed by atoms with van der Waals surface area (Å²) in [5.41, 5.74) is 0.548. The van der Waals surface area contributed by atoms with Crippen molar-refractivity contribution in [1.29, 1.82) is 0 Å². The summed E-state index contributed by atoms with van der Waals surface area (Å²) in [5, 5.41) is 13.5. The van der Waals surface area contributed by atoms with Crippen molar-refractivity contribution in [1.82, 2.24) is 5.32 Å². The quantitative estimate of drug-likeness (QED) is 0.172. The number of carbonyl (C=O) groups is 2. The van der Waals surface area contributed by atoms with E-state index in [1.807, 2.05) is 6.92 Å². The molecule has 172 valence electrons. The number of carbonyl (C=O) groups excluding carboxylic acids is 2. The molecule has 9 nitrogen and oxygen atoms in total. The Hall–Kier alpha value is -4.02. The third-order valence-corrected chi connectivity index (χ3v) is 5.45. The van der Waals surface area contributed by atoms with Gasteiger partial charge in [0.25, 0.3) is 17.5 Å². The fourth-order valence-corrected chi connectivity index (χ4v) is 3.83. The van der Waals surface area contributed by atoms with Gasteiger partial charge in [-0.25, -0.2) is 0 Å². The molecule has 1 aliphatic heterocycles. The van der Waals surface area contributed by atoms with Crippen LogP contribution in [0.5, 0.6) is 5.75 Å². The molecular formula is C23H16ClN3O6S. The van der Waals surface area contributed by atoms with Crippen LogP contribution in [0, 0.1) is 10.1 Å². The van der Waals surface area contributed by atoms with E-state index in [4.69, 9.17) is 33.0 Å². The molecule has 1 aliphatic rings. The summed E-state index contributed by atoms with van der Waals surface area (Å²) in [5.74, 6) is -0.126. The van der Waals surface area contributed by atoms with E-state index < -0.39 is 16.7 Å². The number of anilines is 1. The lowest BCUT2D eigenvalue weighted by atomic mass is 10.1. The van der Waals surface area contributed by atoms with Crippen molar-refractivity contribution in [2.75, 3.05) is 11.5 Å². The van der Waals surface area contributed by atoms with E-state index in [1.165, 1.54) is 29.2 Å². The number of non-ortho nitro benzene ring substituents is 1. The molecule has 0 saturated carbocycles. The third kappa shape index (κ3) is 4.54. The normalized spacial score (nSPS) is 14.9. The lowest BCUT2D eigenvalue weighted by Gasteiger charge is -2.28. The Labute approximate surface area is 203 Å². The van der Waals surface area contributed by atoms with Gasteiger partial charge in [0.2, 0.25) is 0 Å². The van der Waals surface area contributed by atoms with Crippen molar-refractivity contribution >= 4 is 58.2 Å². The van der Waals surface area contributed by atoms with Crippen molar-refractivity contribution in [3.8, 4) is 17.1 Å². The number of amides is 2. The van der Waals surface area contributed by atoms with Crippen molar-refractivity contribution in [2.24, 2.45) is 0 Å². The number of nitrogens with zero attached hydrogens (tertiary/aromatic N) is 2. The van der Waals surface area contributed by atoms with Crippen molar-refractivity contribution in [2.45, 2.75) is 6.92 Å². The summed E-state index contributed by atoms with van der Waals surface area (Å²) < 4.78 is 11.1. The van der Waals surface area contributed by atoms with E-state index in [0.717, 1.165) is 0 Å². The lowest BCUT2D eigenvalue weighted by molar-refractivity contribution is -0.384. The summed E-state index contributed by atoms with van der Waals surface area (Å²) in [7, 11) is 0. The molecule has 2 heterocycles. The van der Waals surface area contributed by atoms with E-state index in [0.29, 0.717) is 29.4 Å². The predicted octanol–water partition coefficient (Wildman–Crippen LogP) is 4.74.